The largest absolute Gasteiger partial charge is 0.446 e. The highest BCUT2D eigenvalue weighted by Crippen LogP contribution is 2.36. The second-order valence-electron chi connectivity index (χ2n) is 6.67. The lowest BCUT2D eigenvalue weighted by Gasteiger charge is -1.98. The zero-order chi connectivity index (χ0) is 17.8. The fourth-order valence-electron chi connectivity index (χ4n) is 3.58. The van der Waals surface area contributed by atoms with Gasteiger partial charge < -0.3 is 9.40 Å². The number of para-hydroxylation sites is 1. The van der Waals surface area contributed by atoms with Crippen molar-refractivity contribution in [3.63, 3.8) is 0 Å². The molecule has 27 heavy (non-hydrogen) atoms. The molecule has 1 N–H and O–H groups in total. The van der Waals surface area contributed by atoms with E-state index >= 15 is 0 Å². The van der Waals surface area contributed by atoms with E-state index in [1.165, 1.54) is 25.9 Å². The highest BCUT2D eigenvalue weighted by molar-refractivity contribution is 7.22. The van der Waals surface area contributed by atoms with Gasteiger partial charge in [0, 0.05) is 43.3 Å². The lowest BCUT2D eigenvalue weighted by atomic mass is 10.1. The summed E-state index contributed by atoms with van der Waals surface area (Å²) in [6, 6.07) is 23.6. The number of pyridine rings is 1. The quantitative estimate of drug-likeness (QED) is 0.364. The van der Waals surface area contributed by atoms with Gasteiger partial charge in [-0.25, -0.2) is 4.98 Å². The second-order valence-corrected chi connectivity index (χ2v) is 7.76. The van der Waals surface area contributed by atoms with Gasteiger partial charge in [-0.1, -0.05) is 24.3 Å². The molecule has 0 radical (unpaired) electrons. The van der Waals surface area contributed by atoms with E-state index in [0.717, 1.165) is 22.2 Å². The maximum Gasteiger partial charge on any atom is 0.225 e. The number of H-pyrrole nitrogens is 1. The minimum Gasteiger partial charge on any atom is -0.446 e. The average molecular weight is 366 g/mol. The summed E-state index contributed by atoms with van der Waals surface area (Å²) in [5.74, 6) is 0. The summed E-state index contributed by atoms with van der Waals surface area (Å²) < 4.78 is 6.62. The molecule has 0 aliphatic heterocycles. The SMILES string of the molecule is c1ccc2[nH]c(-c3ccc4sc(-c5cnc6occc6c5)cc4c3)cc2c1. The molecule has 4 aromatic heterocycles. The van der Waals surface area contributed by atoms with E-state index in [-0.39, 0.29) is 0 Å². The summed E-state index contributed by atoms with van der Waals surface area (Å²) in [6.07, 6.45) is 3.56. The highest BCUT2D eigenvalue weighted by atomic mass is 32.1. The minimum atomic E-state index is 0.681. The number of furan rings is 1. The first-order chi connectivity index (χ1) is 13.3. The van der Waals surface area contributed by atoms with Gasteiger partial charge >= 0.3 is 0 Å². The Balaban J connectivity index is 1.46. The van der Waals surface area contributed by atoms with E-state index in [9.17, 15) is 0 Å². The lowest BCUT2D eigenvalue weighted by Crippen LogP contribution is -1.76. The molecule has 0 aliphatic rings. The molecule has 3 nitrogen and oxygen atoms in total. The number of hydrogen-bond acceptors (Lipinski definition) is 3. The zero-order valence-electron chi connectivity index (χ0n) is 14.3. The van der Waals surface area contributed by atoms with Crippen molar-refractivity contribution in [3.8, 4) is 21.7 Å². The van der Waals surface area contributed by atoms with Crippen molar-refractivity contribution in [1.82, 2.24) is 9.97 Å². The number of fused-ring (bicyclic) bond motifs is 3. The summed E-state index contributed by atoms with van der Waals surface area (Å²) in [4.78, 5) is 9.14. The molecule has 0 amide bonds. The number of thiophene rings is 1. The fraction of sp³-hybridized carbons (Fsp3) is 0. The Morgan fingerprint density at radius 1 is 0.815 bits per heavy atom. The van der Waals surface area contributed by atoms with E-state index in [1.54, 1.807) is 17.6 Å². The van der Waals surface area contributed by atoms with E-state index in [4.69, 9.17) is 4.42 Å². The summed E-state index contributed by atoms with van der Waals surface area (Å²) in [6.45, 7) is 0. The monoisotopic (exact) mass is 366 g/mol. The molecule has 4 heteroatoms. The Bertz CT molecular complexity index is 1400. The van der Waals surface area contributed by atoms with E-state index in [1.807, 2.05) is 12.3 Å². The molecule has 2 aromatic carbocycles. The Morgan fingerprint density at radius 2 is 1.74 bits per heavy atom. The van der Waals surface area contributed by atoms with Crippen LogP contribution in [0.3, 0.4) is 0 Å². The molecular weight excluding hydrogens is 352 g/mol. The van der Waals surface area contributed by atoms with Crippen molar-refractivity contribution < 1.29 is 4.42 Å². The van der Waals surface area contributed by atoms with Gasteiger partial charge in [-0.2, -0.15) is 0 Å². The highest BCUT2D eigenvalue weighted by Gasteiger charge is 2.09. The Kier molecular flexibility index (Phi) is 3.04. The number of aromatic nitrogens is 2. The molecule has 6 aromatic rings. The molecule has 128 valence electrons. The summed E-state index contributed by atoms with van der Waals surface area (Å²) in [5, 5.41) is 3.51. The number of rotatable bonds is 2. The van der Waals surface area contributed by atoms with Gasteiger partial charge in [-0.3, -0.25) is 0 Å². The van der Waals surface area contributed by atoms with Gasteiger partial charge in [0.1, 0.15) is 0 Å². The first-order valence-corrected chi connectivity index (χ1v) is 9.60. The van der Waals surface area contributed by atoms with Crippen LogP contribution in [-0.2, 0) is 0 Å². The predicted molar refractivity (Wildman–Crippen MR) is 112 cm³/mol. The van der Waals surface area contributed by atoms with E-state index in [2.05, 4.69) is 70.6 Å². The van der Waals surface area contributed by atoms with Gasteiger partial charge in [0.05, 0.1) is 6.26 Å². The smallest absolute Gasteiger partial charge is 0.225 e. The van der Waals surface area contributed by atoms with Crippen LogP contribution in [-0.4, -0.2) is 9.97 Å². The molecule has 0 spiro atoms. The maximum atomic E-state index is 5.35. The van der Waals surface area contributed by atoms with Crippen LogP contribution in [0, 0.1) is 0 Å². The molecule has 0 bridgehead atoms. The molecule has 0 saturated carbocycles. The molecule has 6 rings (SSSR count). The Labute approximate surface area is 158 Å². The van der Waals surface area contributed by atoms with Crippen LogP contribution in [0.1, 0.15) is 0 Å². The topological polar surface area (TPSA) is 41.8 Å². The van der Waals surface area contributed by atoms with Crippen LogP contribution in [0.15, 0.2) is 83.6 Å². The third-order valence-electron chi connectivity index (χ3n) is 4.95. The van der Waals surface area contributed by atoms with Crippen LogP contribution in [0.2, 0.25) is 0 Å². The van der Waals surface area contributed by atoms with Gasteiger partial charge in [0.25, 0.3) is 0 Å². The summed E-state index contributed by atoms with van der Waals surface area (Å²) in [5.41, 5.74) is 5.31. The van der Waals surface area contributed by atoms with Crippen molar-refractivity contribution in [3.05, 3.63) is 79.2 Å². The predicted octanol–water partition coefficient (Wildman–Crippen LogP) is 6.86. The van der Waals surface area contributed by atoms with Crippen LogP contribution in [0.4, 0.5) is 0 Å². The summed E-state index contributed by atoms with van der Waals surface area (Å²) in [7, 11) is 0. The van der Waals surface area contributed by atoms with Crippen LogP contribution >= 0.6 is 11.3 Å². The number of aromatic amines is 1. The Morgan fingerprint density at radius 3 is 2.70 bits per heavy atom. The van der Waals surface area contributed by atoms with Crippen molar-refractivity contribution >= 4 is 43.4 Å². The van der Waals surface area contributed by atoms with Gasteiger partial charge in [-0.05, 0) is 53.4 Å². The van der Waals surface area contributed by atoms with Crippen LogP contribution < -0.4 is 0 Å². The third-order valence-corrected chi connectivity index (χ3v) is 6.11. The third kappa shape index (κ3) is 2.38. The number of benzene rings is 2. The van der Waals surface area contributed by atoms with Gasteiger partial charge in [0.15, 0.2) is 0 Å². The van der Waals surface area contributed by atoms with Crippen LogP contribution in [0.25, 0.3) is 53.8 Å². The molecule has 0 saturated heterocycles. The standard InChI is InChI=1S/C23H14N2OS/c1-2-4-19-14(3-1)11-20(25-19)15-5-6-21-17(9-15)12-22(27-21)18-10-16-7-8-26-23(16)24-13-18/h1-13,25H. The molecule has 0 fully saturated rings. The van der Waals surface area contributed by atoms with E-state index < -0.39 is 0 Å². The maximum absolute atomic E-state index is 5.35. The molecule has 0 atom stereocenters. The zero-order valence-corrected chi connectivity index (χ0v) is 15.1. The van der Waals surface area contributed by atoms with Crippen molar-refractivity contribution in [2.24, 2.45) is 0 Å². The first-order valence-electron chi connectivity index (χ1n) is 8.79. The second kappa shape index (κ2) is 5.56. The molecule has 0 unspecified atom stereocenters. The first kappa shape index (κ1) is 14.8. The number of hydrogen-bond donors (Lipinski definition) is 1. The van der Waals surface area contributed by atoms with E-state index in [0.29, 0.717) is 5.71 Å². The average Bonchev–Trinajstić information content (AvgIpc) is 3.42. The van der Waals surface area contributed by atoms with Crippen molar-refractivity contribution in [2.45, 2.75) is 0 Å². The normalized spacial score (nSPS) is 11.7. The molecule has 0 aliphatic carbocycles. The Hall–Kier alpha value is -3.37. The minimum absolute atomic E-state index is 0.681. The molecule has 4 heterocycles. The van der Waals surface area contributed by atoms with Crippen molar-refractivity contribution in [2.75, 3.05) is 0 Å². The lowest BCUT2D eigenvalue weighted by molar-refractivity contribution is 0.603. The van der Waals surface area contributed by atoms with Gasteiger partial charge in [-0.15, -0.1) is 11.3 Å². The summed E-state index contributed by atoms with van der Waals surface area (Å²) >= 11 is 1.79. The molecular formula is C23H14N2OS. The fourth-order valence-corrected chi connectivity index (χ4v) is 4.60. The van der Waals surface area contributed by atoms with Gasteiger partial charge in [0.2, 0.25) is 5.71 Å². The number of nitrogens with zero attached hydrogens (tertiary/aromatic N) is 1. The number of nitrogens with one attached hydrogen (secondary N) is 1. The van der Waals surface area contributed by atoms with Crippen LogP contribution in [0.5, 0.6) is 0 Å². The van der Waals surface area contributed by atoms with Crippen molar-refractivity contribution in [1.29, 1.82) is 0 Å².